The van der Waals surface area contributed by atoms with Crippen LogP contribution in [0.5, 0.6) is 5.75 Å². The number of rotatable bonds is 18. The number of benzene rings is 2. The lowest BCUT2D eigenvalue weighted by atomic mass is 10.2. The normalized spacial score (nSPS) is 14.2. The van der Waals surface area contributed by atoms with Gasteiger partial charge in [0.1, 0.15) is 36.6 Å². The monoisotopic (exact) mass is 612 g/mol. The van der Waals surface area contributed by atoms with Crippen LogP contribution in [-0.2, 0) is 41.5 Å². The molecular weight excluding hydrogens is 575 g/mol. The molecule has 13 nitrogen and oxygen atoms in total. The Labute approximate surface area is 250 Å². The first-order valence-electron chi connectivity index (χ1n) is 13.8. The van der Waals surface area contributed by atoms with E-state index in [-0.39, 0.29) is 25.4 Å². The van der Waals surface area contributed by atoms with E-state index >= 15 is 0 Å². The fraction of sp³-hybridized carbons (Fsp3) is 0.379. The van der Waals surface area contributed by atoms with E-state index in [1.165, 1.54) is 6.33 Å². The summed E-state index contributed by atoms with van der Waals surface area (Å²) in [6, 6.07) is 17.6. The van der Waals surface area contributed by atoms with Gasteiger partial charge in [-0.1, -0.05) is 48.5 Å². The van der Waals surface area contributed by atoms with Crippen molar-refractivity contribution in [2.75, 3.05) is 38.5 Å². The number of ether oxygens (including phenoxy) is 4. The second-order valence-corrected chi connectivity index (χ2v) is 11.7. The van der Waals surface area contributed by atoms with E-state index in [9.17, 15) is 9.36 Å². The molecule has 0 aliphatic heterocycles. The van der Waals surface area contributed by atoms with E-state index < -0.39 is 25.6 Å². The van der Waals surface area contributed by atoms with Crippen LogP contribution >= 0.6 is 7.52 Å². The number of nitrogen functional groups attached to an aromatic ring is 1. The summed E-state index contributed by atoms with van der Waals surface area (Å²) < 4.78 is 43.8. The van der Waals surface area contributed by atoms with Crippen molar-refractivity contribution in [2.24, 2.45) is 0 Å². The maximum Gasteiger partial charge on any atom is 0.342 e. The number of hydrogen-bond donors (Lipinski definition) is 2. The number of carbonyl (C=O) groups is 1. The fourth-order valence-corrected chi connectivity index (χ4v) is 5.78. The molecule has 0 aliphatic carbocycles. The molecule has 230 valence electrons. The van der Waals surface area contributed by atoms with Gasteiger partial charge in [0.25, 0.3) is 0 Å². The Kier molecular flexibility index (Phi) is 12.0. The summed E-state index contributed by atoms with van der Waals surface area (Å²) >= 11 is 0. The highest BCUT2D eigenvalue weighted by molar-refractivity contribution is 7.57. The average molecular weight is 613 g/mol. The zero-order valence-electron chi connectivity index (χ0n) is 24.2. The van der Waals surface area contributed by atoms with Crippen molar-refractivity contribution in [3.8, 4) is 5.75 Å². The van der Waals surface area contributed by atoms with Crippen molar-refractivity contribution < 1.29 is 32.8 Å². The molecule has 4 rings (SSSR count). The minimum Gasteiger partial charge on any atom is -0.462 e. The lowest BCUT2D eigenvalue weighted by Crippen LogP contribution is -2.36. The van der Waals surface area contributed by atoms with E-state index in [1.54, 1.807) is 42.1 Å². The fourth-order valence-electron chi connectivity index (χ4n) is 3.99. The van der Waals surface area contributed by atoms with E-state index in [2.05, 4.69) is 20.0 Å². The maximum atomic E-state index is 13.9. The molecule has 14 heteroatoms. The van der Waals surface area contributed by atoms with Gasteiger partial charge >= 0.3 is 13.5 Å². The highest BCUT2D eigenvalue weighted by Gasteiger charge is 2.31. The summed E-state index contributed by atoms with van der Waals surface area (Å²) in [7, 11) is -3.73. The van der Waals surface area contributed by atoms with Crippen LogP contribution in [0.25, 0.3) is 11.2 Å². The first-order valence-corrected chi connectivity index (χ1v) is 15.6. The number of nitrogens with one attached hydrogen (secondary N) is 1. The highest BCUT2D eigenvalue weighted by Crippen LogP contribution is 2.44. The summed E-state index contributed by atoms with van der Waals surface area (Å²) in [5.74, 6) is 0.0457. The summed E-state index contributed by atoms with van der Waals surface area (Å²) in [4.78, 5) is 25.1. The van der Waals surface area contributed by atoms with Gasteiger partial charge in [-0.2, -0.15) is 0 Å². The summed E-state index contributed by atoms with van der Waals surface area (Å²) in [6.07, 6.45) is 2.23. The largest absolute Gasteiger partial charge is 0.462 e. The van der Waals surface area contributed by atoms with Crippen LogP contribution < -0.4 is 15.3 Å². The molecule has 4 aromatic rings. The predicted octanol–water partition coefficient (Wildman–Crippen LogP) is 3.80. The van der Waals surface area contributed by atoms with Crippen molar-refractivity contribution in [1.82, 2.24) is 24.6 Å². The predicted molar refractivity (Wildman–Crippen MR) is 160 cm³/mol. The molecule has 3 atom stereocenters. The van der Waals surface area contributed by atoms with Crippen molar-refractivity contribution in [3.05, 3.63) is 78.9 Å². The lowest BCUT2D eigenvalue weighted by Gasteiger charge is -2.25. The van der Waals surface area contributed by atoms with E-state index in [0.29, 0.717) is 43.3 Å². The van der Waals surface area contributed by atoms with Gasteiger partial charge in [-0.05, 0) is 31.5 Å². The second kappa shape index (κ2) is 16.1. The molecule has 2 heterocycles. The third kappa shape index (κ3) is 10.1. The highest BCUT2D eigenvalue weighted by atomic mass is 31.2. The van der Waals surface area contributed by atoms with Crippen LogP contribution in [0.15, 0.2) is 73.3 Å². The van der Waals surface area contributed by atoms with Crippen LogP contribution in [-0.4, -0.2) is 70.4 Å². The summed E-state index contributed by atoms with van der Waals surface area (Å²) in [5, 5.41) is 2.79. The molecule has 0 radical (unpaired) electrons. The molecule has 0 fully saturated rings. The van der Waals surface area contributed by atoms with Gasteiger partial charge in [-0.25, -0.2) is 20.0 Å². The van der Waals surface area contributed by atoms with E-state index in [1.807, 2.05) is 43.3 Å². The topological polar surface area (TPSA) is 162 Å². The molecule has 43 heavy (non-hydrogen) atoms. The molecule has 2 aromatic heterocycles. The van der Waals surface area contributed by atoms with Gasteiger partial charge in [0.2, 0.25) is 0 Å². The minimum absolute atomic E-state index is 0.0356. The van der Waals surface area contributed by atoms with Crippen molar-refractivity contribution >= 4 is 30.5 Å². The second-order valence-electron chi connectivity index (χ2n) is 9.68. The van der Waals surface area contributed by atoms with Crippen molar-refractivity contribution in [3.63, 3.8) is 0 Å². The van der Waals surface area contributed by atoms with Crippen molar-refractivity contribution in [2.45, 2.75) is 39.1 Å². The third-order valence-corrected chi connectivity index (χ3v) is 7.88. The number of carbonyl (C=O) groups excluding carboxylic acids is 1. The standard InChI is InChI=1S/C29H37N6O7P/c1-22(17-35-20-33-26-27(30)31-19-32-28(26)35)41-21-43(37,42-25-11-7-4-8-12-25)34-23(2)29(36)40-16-15-38-13-14-39-18-24-9-5-3-6-10-24/h3-12,19-20,22-23H,13-18,21H2,1-2H3,(H,34,37)(H2,30,31,32). The first kappa shape index (κ1) is 32.1. The molecule has 0 saturated carbocycles. The smallest absolute Gasteiger partial charge is 0.342 e. The Balaban J connectivity index is 1.23. The van der Waals surface area contributed by atoms with Gasteiger partial charge in [0, 0.05) is 0 Å². The van der Waals surface area contributed by atoms with Gasteiger partial charge in [-0.15, -0.1) is 0 Å². The zero-order valence-corrected chi connectivity index (χ0v) is 25.1. The number of nitrogens with zero attached hydrogens (tertiary/aromatic N) is 4. The third-order valence-electron chi connectivity index (χ3n) is 6.11. The Morgan fingerprint density at radius 1 is 0.953 bits per heavy atom. The quantitative estimate of drug-likeness (QED) is 0.0951. The summed E-state index contributed by atoms with van der Waals surface area (Å²) in [5.41, 5.74) is 8.00. The van der Waals surface area contributed by atoms with E-state index in [0.717, 1.165) is 5.56 Å². The van der Waals surface area contributed by atoms with Crippen LogP contribution in [0.1, 0.15) is 19.4 Å². The maximum absolute atomic E-state index is 13.9. The average Bonchev–Trinajstić information content (AvgIpc) is 3.42. The van der Waals surface area contributed by atoms with Crippen molar-refractivity contribution in [1.29, 1.82) is 0 Å². The van der Waals surface area contributed by atoms with Gasteiger partial charge in [0.05, 0.1) is 45.4 Å². The van der Waals surface area contributed by atoms with Crippen LogP contribution in [0.2, 0.25) is 0 Å². The Morgan fingerprint density at radius 3 is 2.42 bits per heavy atom. The number of imidazole rings is 1. The zero-order chi connectivity index (χ0) is 30.5. The number of para-hydroxylation sites is 1. The number of esters is 1. The Bertz CT molecular complexity index is 1470. The molecule has 2 aromatic carbocycles. The molecule has 3 unspecified atom stereocenters. The van der Waals surface area contributed by atoms with Gasteiger partial charge in [-0.3, -0.25) is 9.36 Å². The number of aromatic nitrogens is 4. The van der Waals surface area contributed by atoms with E-state index in [4.69, 9.17) is 29.2 Å². The number of fused-ring (bicyclic) bond motifs is 1. The molecule has 0 bridgehead atoms. The van der Waals surface area contributed by atoms with Crippen LogP contribution in [0, 0.1) is 0 Å². The number of anilines is 1. The molecule has 0 amide bonds. The summed E-state index contributed by atoms with van der Waals surface area (Å²) in [6.45, 7) is 5.23. The minimum atomic E-state index is -3.73. The number of nitrogens with two attached hydrogens (primary N) is 1. The molecule has 3 N–H and O–H groups in total. The van der Waals surface area contributed by atoms with Gasteiger partial charge in [0.15, 0.2) is 11.5 Å². The lowest BCUT2D eigenvalue weighted by molar-refractivity contribution is -0.147. The first-order chi connectivity index (χ1) is 20.8. The Morgan fingerprint density at radius 2 is 1.65 bits per heavy atom. The number of hydrogen-bond acceptors (Lipinski definition) is 11. The van der Waals surface area contributed by atoms with Crippen LogP contribution in [0.4, 0.5) is 5.82 Å². The molecular formula is C29H37N6O7P. The molecule has 0 saturated heterocycles. The molecule has 0 aliphatic rings. The van der Waals surface area contributed by atoms with Gasteiger partial charge < -0.3 is 33.8 Å². The Hall–Kier alpha value is -3.87. The SMILES string of the molecule is CC(Cn1cnc2c(N)ncnc21)OCP(=O)(NC(C)C(=O)OCCOCCOCc1ccccc1)Oc1ccccc1. The van der Waals surface area contributed by atoms with Crippen LogP contribution in [0.3, 0.4) is 0 Å². The molecule has 0 spiro atoms.